The Labute approximate surface area is 200 Å². The van der Waals surface area contributed by atoms with E-state index in [1.807, 2.05) is 24.7 Å². The minimum atomic E-state index is 0.929. The number of nitrogens with zero attached hydrogens (tertiary/aromatic N) is 4. The Balaban J connectivity index is 1.36. The Kier molecular flexibility index (Phi) is 3.11. The summed E-state index contributed by atoms with van der Waals surface area (Å²) >= 11 is 0. The van der Waals surface area contributed by atoms with Gasteiger partial charge < -0.3 is 0 Å². The molecule has 0 aliphatic heterocycles. The first-order valence-corrected chi connectivity index (χ1v) is 12.0. The fourth-order valence-corrected chi connectivity index (χ4v) is 6.53. The van der Waals surface area contributed by atoms with E-state index in [-0.39, 0.29) is 0 Å². The average Bonchev–Trinajstić information content (AvgIpc) is 3.60. The molecular formula is C31H18N4. The molecule has 0 radical (unpaired) electrons. The zero-order valence-electron chi connectivity index (χ0n) is 18.8. The van der Waals surface area contributed by atoms with Crippen molar-refractivity contribution in [3.05, 3.63) is 108 Å². The maximum absolute atomic E-state index is 5.28. The van der Waals surface area contributed by atoms with Crippen LogP contribution in [-0.4, -0.2) is 19.4 Å². The minimum absolute atomic E-state index is 0.929. The molecule has 4 heteroatoms. The highest BCUT2D eigenvalue weighted by molar-refractivity contribution is 6.12. The zero-order chi connectivity index (χ0) is 22.7. The van der Waals surface area contributed by atoms with E-state index in [1.165, 1.54) is 44.5 Å². The first-order chi connectivity index (χ1) is 17.4. The van der Waals surface area contributed by atoms with E-state index < -0.39 is 0 Å². The van der Waals surface area contributed by atoms with Crippen molar-refractivity contribution in [2.75, 3.05) is 0 Å². The second kappa shape index (κ2) is 6.10. The van der Waals surface area contributed by atoms with Crippen LogP contribution in [0.1, 0.15) is 22.3 Å². The lowest BCUT2D eigenvalue weighted by molar-refractivity contribution is 1.17. The molecule has 0 fully saturated rings. The number of rotatable bonds is 0. The van der Waals surface area contributed by atoms with Crippen molar-refractivity contribution in [2.24, 2.45) is 0 Å². The van der Waals surface area contributed by atoms with Gasteiger partial charge in [-0.25, -0.2) is 4.98 Å². The SMILES string of the molecule is c1ccc2c(c1)Cc1c-2ccc2c1Cc1c-2ccc2c1nc1c3cccnc3c3cnccc3n21. The van der Waals surface area contributed by atoms with Crippen LogP contribution in [0.3, 0.4) is 0 Å². The molecule has 4 aromatic heterocycles. The van der Waals surface area contributed by atoms with Crippen molar-refractivity contribution in [1.82, 2.24) is 19.4 Å². The van der Waals surface area contributed by atoms with Crippen molar-refractivity contribution < 1.29 is 0 Å². The van der Waals surface area contributed by atoms with E-state index in [0.717, 1.165) is 51.3 Å². The molecule has 0 amide bonds. The second-order valence-corrected chi connectivity index (χ2v) is 9.65. The quantitative estimate of drug-likeness (QED) is 0.243. The van der Waals surface area contributed by atoms with Gasteiger partial charge in [-0.3, -0.25) is 14.4 Å². The molecule has 4 heterocycles. The third-order valence-corrected chi connectivity index (χ3v) is 8.02. The van der Waals surface area contributed by atoms with Gasteiger partial charge in [0, 0.05) is 35.8 Å². The van der Waals surface area contributed by atoms with Gasteiger partial charge in [0.05, 0.1) is 22.1 Å². The highest BCUT2D eigenvalue weighted by atomic mass is 15.0. The van der Waals surface area contributed by atoms with E-state index >= 15 is 0 Å². The molecule has 0 saturated heterocycles. The molecule has 0 spiro atoms. The maximum Gasteiger partial charge on any atom is 0.147 e. The Bertz CT molecular complexity index is 2070. The monoisotopic (exact) mass is 446 g/mol. The number of aromatic nitrogens is 4. The number of pyridine rings is 3. The lowest BCUT2D eigenvalue weighted by atomic mass is 9.96. The second-order valence-electron chi connectivity index (χ2n) is 9.65. The van der Waals surface area contributed by atoms with E-state index in [1.54, 1.807) is 0 Å². The number of benzene rings is 3. The van der Waals surface area contributed by atoms with Crippen LogP contribution in [0.15, 0.2) is 85.3 Å². The van der Waals surface area contributed by atoms with Gasteiger partial charge in [0.15, 0.2) is 0 Å². The van der Waals surface area contributed by atoms with Gasteiger partial charge >= 0.3 is 0 Å². The van der Waals surface area contributed by atoms with Gasteiger partial charge in [-0.05, 0) is 75.2 Å². The topological polar surface area (TPSA) is 43.1 Å². The molecule has 3 aromatic carbocycles. The van der Waals surface area contributed by atoms with Gasteiger partial charge in [-0.2, -0.15) is 0 Å². The van der Waals surface area contributed by atoms with Crippen LogP contribution >= 0.6 is 0 Å². The van der Waals surface area contributed by atoms with E-state index in [9.17, 15) is 0 Å². The molecule has 0 unspecified atom stereocenters. The first-order valence-electron chi connectivity index (χ1n) is 12.0. The summed E-state index contributed by atoms with van der Waals surface area (Å²) in [5.74, 6) is 0. The molecule has 0 N–H and O–H groups in total. The summed E-state index contributed by atoms with van der Waals surface area (Å²) in [5.41, 5.74) is 16.5. The summed E-state index contributed by atoms with van der Waals surface area (Å²) in [6.45, 7) is 0. The Morgan fingerprint density at radius 3 is 2.40 bits per heavy atom. The van der Waals surface area contributed by atoms with Crippen molar-refractivity contribution in [3.63, 3.8) is 0 Å². The normalized spacial score (nSPS) is 13.5. The summed E-state index contributed by atoms with van der Waals surface area (Å²) in [5, 5.41) is 2.11. The molecule has 4 nitrogen and oxygen atoms in total. The maximum atomic E-state index is 5.28. The van der Waals surface area contributed by atoms with Crippen LogP contribution in [-0.2, 0) is 12.8 Å². The predicted molar refractivity (Wildman–Crippen MR) is 140 cm³/mol. The Morgan fingerprint density at radius 1 is 0.600 bits per heavy atom. The first kappa shape index (κ1) is 17.8. The molecule has 0 atom stereocenters. The molecule has 9 rings (SSSR count). The zero-order valence-corrected chi connectivity index (χ0v) is 18.8. The summed E-state index contributed by atoms with van der Waals surface area (Å²) in [6, 6.07) is 24.2. The number of hydrogen-bond acceptors (Lipinski definition) is 3. The summed E-state index contributed by atoms with van der Waals surface area (Å²) < 4.78 is 2.29. The van der Waals surface area contributed by atoms with Crippen molar-refractivity contribution in [1.29, 1.82) is 0 Å². The van der Waals surface area contributed by atoms with Crippen LogP contribution in [0.25, 0.3) is 60.7 Å². The largest absolute Gasteiger partial charge is 0.291 e. The van der Waals surface area contributed by atoms with E-state index in [0.29, 0.717) is 0 Å². The predicted octanol–water partition coefficient (Wildman–Crippen LogP) is 6.73. The van der Waals surface area contributed by atoms with E-state index in [4.69, 9.17) is 9.97 Å². The number of fused-ring (bicyclic) bond motifs is 16. The van der Waals surface area contributed by atoms with Crippen LogP contribution in [0, 0.1) is 0 Å². The number of hydrogen-bond donors (Lipinski definition) is 0. The highest BCUT2D eigenvalue weighted by Gasteiger charge is 2.30. The lowest BCUT2D eigenvalue weighted by Crippen LogP contribution is -1.93. The molecule has 35 heavy (non-hydrogen) atoms. The van der Waals surface area contributed by atoms with Crippen LogP contribution in [0.4, 0.5) is 0 Å². The molecule has 0 bridgehead atoms. The molecule has 0 saturated carbocycles. The van der Waals surface area contributed by atoms with Crippen LogP contribution in [0.5, 0.6) is 0 Å². The molecule has 2 aliphatic rings. The highest BCUT2D eigenvalue weighted by Crippen LogP contribution is 2.48. The Morgan fingerprint density at radius 2 is 1.43 bits per heavy atom. The summed E-state index contributed by atoms with van der Waals surface area (Å²) in [7, 11) is 0. The third kappa shape index (κ3) is 2.11. The fraction of sp³-hybridized carbons (Fsp3) is 0.0645. The number of imidazole rings is 1. The molecule has 7 aromatic rings. The van der Waals surface area contributed by atoms with Gasteiger partial charge in [0.1, 0.15) is 5.65 Å². The van der Waals surface area contributed by atoms with Gasteiger partial charge in [0.25, 0.3) is 0 Å². The standard InChI is InChI=1S/C31H18N4/c1-2-5-18-17(4-1)14-23-19(18)7-8-20-21-9-10-28-30(25(21)15-24(20)23)34-31-22-6-3-12-33-29(22)26-16-32-13-11-27(26)35(28)31/h1-13,16H,14-15H2. The van der Waals surface area contributed by atoms with Gasteiger partial charge in [-0.1, -0.05) is 42.5 Å². The van der Waals surface area contributed by atoms with Crippen molar-refractivity contribution in [3.8, 4) is 22.3 Å². The molecular weight excluding hydrogens is 428 g/mol. The third-order valence-electron chi connectivity index (χ3n) is 8.02. The Hall–Kier alpha value is -4.57. The summed E-state index contributed by atoms with van der Waals surface area (Å²) in [4.78, 5) is 14.4. The summed E-state index contributed by atoms with van der Waals surface area (Å²) in [6.07, 6.45) is 7.57. The molecule has 162 valence electrons. The van der Waals surface area contributed by atoms with Crippen LogP contribution < -0.4 is 0 Å². The van der Waals surface area contributed by atoms with Crippen molar-refractivity contribution in [2.45, 2.75) is 12.8 Å². The smallest absolute Gasteiger partial charge is 0.147 e. The average molecular weight is 447 g/mol. The minimum Gasteiger partial charge on any atom is -0.291 e. The van der Waals surface area contributed by atoms with Crippen molar-refractivity contribution >= 4 is 38.5 Å². The molecule has 2 aliphatic carbocycles. The van der Waals surface area contributed by atoms with E-state index in [2.05, 4.69) is 70.0 Å². The van der Waals surface area contributed by atoms with Gasteiger partial charge in [-0.15, -0.1) is 0 Å². The van der Waals surface area contributed by atoms with Crippen LogP contribution in [0.2, 0.25) is 0 Å². The lowest BCUT2D eigenvalue weighted by Gasteiger charge is -2.08. The fourth-order valence-electron chi connectivity index (χ4n) is 6.53. The van der Waals surface area contributed by atoms with Gasteiger partial charge in [0.2, 0.25) is 0 Å².